The second-order valence-electron chi connectivity index (χ2n) is 6.04. The number of aryl methyl sites for hydroxylation is 1. The predicted octanol–water partition coefficient (Wildman–Crippen LogP) is 2.82. The first-order valence-electron chi connectivity index (χ1n) is 7.67. The number of nitrogens with zero attached hydrogens (tertiary/aromatic N) is 1. The Hall–Kier alpha value is -1.19. The van der Waals surface area contributed by atoms with E-state index >= 15 is 0 Å². The van der Waals surface area contributed by atoms with Gasteiger partial charge >= 0.3 is 0 Å². The second kappa shape index (κ2) is 5.66. The zero-order valence-electron chi connectivity index (χ0n) is 12.2. The van der Waals surface area contributed by atoms with Crippen LogP contribution in [-0.4, -0.2) is 42.5 Å². The van der Waals surface area contributed by atoms with Crippen LogP contribution in [0, 0.1) is 6.92 Å². The summed E-state index contributed by atoms with van der Waals surface area (Å²) < 4.78 is 5.46. The van der Waals surface area contributed by atoms with Crippen LogP contribution in [0.5, 0.6) is 0 Å². The number of ether oxygens (including phenoxy) is 1. The first-order chi connectivity index (χ1) is 9.72. The van der Waals surface area contributed by atoms with Gasteiger partial charge in [-0.1, -0.05) is 36.6 Å². The Bertz CT molecular complexity index is 486. The van der Waals surface area contributed by atoms with E-state index in [4.69, 9.17) is 4.74 Å². The molecule has 1 heterocycles. The Morgan fingerprint density at radius 1 is 1.20 bits per heavy atom. The first-order valence-corrected chi connectivity index (χ1v) is 7.67. The molecule has 1 aliphatic carbocycles. The highest BCUT2D eigenvalue weighted by molar-refractivity contribution is 6.03. The predicted molar refractivity (Wildman–Crippen MR) is 79.1 cm³/mol. The van der Waals surface area contributed by atoms with Gasteiger partial charge in [0.25, 0.3) is 0 Å². The van der Waals surface area contributed by atoms with Crippen molar-refractivity contribution in [1.82, 2.24) is 4.90 Å². The Labute approximate surface area is 120 Å². The van der Waals surface area contributed by atoms with Crippen LogP contribution >= 0.6 is 0 Å². The van der Waals surface area contributed by atoms with E-state index < -0.39 is 0 Å². The second-order valence-corrected chi connectivity index (χ2v) is 6.04. The lowest BCUT2D eigenvalue weighted by atomic mass is 9.85. The van der Waals surface area contributed by atoms with E-state index in [9.17, 15) is 4.79 Å². The summed E-state index contributed by atoms with van der Waals surface area (Å²) in [5.41, 5.74) is 1.77. The molecule has 3 nitrogen and oxygen atoms in total. The fraction of sp³-hybridized carbons (Fsp3) is 0.588. The molecule has 0 N–H and O–H groups in total. The average molecular weight is 273 g/mol. The quantitative estimate of drug-likeness (QED) is 0.793. The largest absolute Gasteiger partial charge is 0.379 e. The van der Waals surface area contributed by atoms with Gasteiger partial charge in [0.05, 0.1) is 18.8 Å². The van der Waals surface area contributed by atoms with Gasteiger partial charge in [0, 0.05) is 18.7 Å². The van der Waals surface area contributed by atoms with Crippen LogP contribution in [0.3, 0.4) is 0 Å². The number of hydrogen-bond donors (Lipinski definition) is 0. The Morgan fingerprint density at radius 2 is 1.90 bits per heavy atom. The summed E-state index contributed by atoms with van der Waals surface area (Å²) in [4.78, 5) is 15.5. The summed E-state index contributed by atoms with van der Waals surface area (Å²) in [5.74, 6) is 0.320. The number of carbonyl (C=O) groups excluding carboxylic acids is 1. The van der Waals surface area contributed by atoms with Gasteiger partial charge in [-0.15, -0.1) is 0 Å². The molecule has 1 saturated heterocycles. The molecular weight excluding hydrogens is 250 g/mol. The molecule has 0 aromatic heterocycles. The molecule has 20 heavy (non-hydrogen) atoms. The maximum Gasteiger partial charge on any atom is 0.183 e. The first kappa shape index (κ1) is 13.8. The van der Waals surface area contributed by atoms with Gasteiger partial charge in [-0.05, 0) is 25.8 Å². The van der Waals surface area contributed by atoms with Crippen LogP contribution in [0.15, 0.2) is 24.3 Å². The summed E-state index contributed by atoms with van der Waals surface area (Å²) in [6, 6.07) is 8.04. The van der Waals surface area contributed by atoms with Crippen molar-refractivity contribution < 1.29 is 9.53 Å². The molecule has 0 spiro atoms. The average Bonchev–Trinajstić information content (AvgIpc) is 2.98. The van der Waals surface area contributed by atoms with Crippen molar-refractivity contribution in [3.8, 4) is 0 Å². The number of carbonyl (C=O) groups is 1. The molecule has 0 atom stereocenters. The molecule has 0 amide bonds. The molecule has 1 saturated carbocycles. The molecule has 0 radical (unpaired) electrons. The summed E-state index contributed by atoms with van der Waals surface area (Å²) >= 11 is 0. The third-order valence-electron chi connectivity index (χ3n) is 4.75. The molecule has 3 heteroatoms. The molecule has 0 bridgehead atoms. The van der Waals surface area contributed by atoms with Crippen molar-refractivity contribution in [2.75, 3.05) is 26.3 Å². The fourth-order valence-corrected chi connectivity index (χ4v) is 3.69. The number of morpholine rings is 1. The molecule has 0 unspecified atom stereocenters. The number of benzene rings is 1. The van der Waals surface area contributed by atoms with Crippen molar-refractivity contribution in [3.05, 3.63) is 35.4 Å². The van der Waals surface area contributed by atoms with Gasteiger partial charge in [-0.25, -0.2) is 0 Å². The van der Waals surface area contributed by atoms with Crippen molar-refractivity contribution in [1.29, 1.82) is 0 Å². The molecule has 2 aliphatic rings. The van der Waals surface area contributed by atoms with E-state index in [1.165, 1.54) is 0 Å². The van der Waals surface area contributed by atoms with Crippen LogP contribution < -0.4 is 0 Å². The molecular formula is C17H23NO2. The van der Waals surface area contributed by atoms with Gasteiger partial charge in [-0.3, -0.25) is 9.69 Å². The number of ketones is 1. The number of hydrogen-bond acceptors (Lipinski definition) is 3. The summed E-state index contributed by atoms with van der Waals surface area (Å²) in [7, 11) is 0. The van der Waals surface area contributed by atoms with E-state index in [0.717, 1.165) is 63.1 Å². The topological polar surface area (TPSA) is 29.5 Å². The SMILES string of the molecule is Cc1cccc(C(=O)C2(N3CCOCC3)CCCC2)c1. The van der Waals surface area contributed by atoms with Crippen molar-refractivity contribution in [3.63, 3.8) is 0 Å². The minimum atomic E-state index is -0.266. The highest BCUT2D eigenvalue weighted by atomic mass is 16.5. The van der Waals surface area contributed by atoms with Crippen molar-refractivity contribution in [2.24, 2.45) is 0 Å². The zero-order valence-corrected chi connectivity index (χ0v) is 12.2. The van der Waals surface area contributed by atoms with Crippen LogP contribution in [0.25, 0.3) is 0 Å². The third kappa shape index (κ3) is 2.40. The lowest BCUT2D eigenvalue weighted by Crippen LogP contribution is -2.56. The summed E-state index contributed by atoms with van der Waals surface area (Å²) in [6.45, 7) is 5.33. The van der Waals surface area contributed by atoms with E-state index in [0.29, 0.717) is 5.78 Å². The van der Waals surface area contributed by atoms with Crippen LogP contribution in [0.4, 0.5) is 0 Å². The highest BCUT2D eigenvalue weighted by Crippen LogP contribution is 2.38. The molecule has 2 fully saturated rings. The summed E-state index contributed by atoms with van der Waals surface area (Å²) in [5, 5.41) is 0. The van der Waals surface area contributed by atoms with Gasteiger partial charge < -0.3 is 4.74 Å². The number of Topliss-reactive ketones (excluding diaryl/α,β-unsaturated/α-hetero) is 1. The highest BCUT2D eigenvalue weighted by Gasteiger charge is 2.46. The van der Waals surface area contributed by atoms with Gasteiger partial charge in [0.2, 0.25) is 0 Å². The standard InChI is InChI=1S/C17H23NO2/c1-14-5-4-6-15(13-14)16(19)17(7-2-3-8-17)18-9-11-20-12-10-18/h4-6,13H,2-3,7-12H2,1H3. The van der Waals surface area contributed by atoms with E-state index in [1.54, 1.807) is 0 Å². The summed E-state index contributed by atoms with van der Waals surface area (Å²) in [6.07, 6.45) is 4.32. The Morgan fingerprint density at radius 3 is 2.55 bits per heavy atom. The Balaban J connectivity index is 1.91. The Kier molecular flexibility index (Phi) is 3.90. The van der Waals surface area contributed by atoms with Crippen LogP contribution in [0.2, 0.25) is 0 Å². The maximum atomic E-state index is 13.1. The third-order valence-corrected chi connectivity index (χ3v) is 4.75. The van der Waals surface area contributed by atoms with E-state index in [-0.39, 0.29) is 5.54 Å². The maximum absolute atomic E-state index is 13.1. The molecule has 1 aliphatic heterocycles. The lowest BCUT2D eigenvalue weighted by Gasteiger charge is -2.42. The number of rotatable bonds is 3. The minimum Gasteiger partial charge on any atom is -0.379 e. The van der Waals surface area contributed by atoms with Crippen LogP contribution in [0.1, 0.15) is 41.6 Å². The molecule has 3 rings (SSSR count). The zero-order chi connectivity index (χ0) is 14.0. The molecule has 1 aromatic rings. The lowest BCUT2D eigenvalue weighted by molar-refractivity contribution is -0.0130. The van der Waals surface area contributed by atoms with Crippen molar-refractivity contribution in [2.45, 2.75) is 38.1 Å². The molecule has 1 aromatic carbocycles. The normalized spacial score (nSPS) is 22.9. The smallest absolute Gasteiger partial charge is 0.183 e. The fourth-order valence-electron chi connectivity index (χ4n) is 3.69. The van der Waals surface area contributed by atoms with Crippen LogP contribution in [-0.2, 0) is 4.74 Å². The van der Waals surface area contributed by atoms with Gasteiger partial charge in [-0.2, -0.15) is 0 Å². The van der Waals surface area contributed by atoms with Crippen molar-refractivity contribution >= 4 is 5.78 Å². The van der Waals surface area contributed by atoms with E-state index in [2.05, 4.69) is 4.90 Å². The van der Waals surface area contributed by atoms with Gasteiger partial charge in [0.1, 0.15) is 0 Å². The molecule has 108 valence electrons. The van der Waals surface area contributed by atoms with Gasteiger partial charge in [0.15, 0.2) is 5.78 Å². The van der Waals surface area contributed by atoms with E-state index in [1.807, 2.05) is 31.2 Å². The minimum absolute atomic E-state index is 0.266. The monoisotopic (exact) mass is 273 g/mol.